The Morgan fingerprint density at radius 3 is 2.75 bits per heavy atom. The lowest BCUT2D eigenvalue weighted by molar-refractivity contribution is 0.0331. The average molecular weight is 385 g/mol. The summed E-state index contributed by atoms with van der Waals surface area (Å²) in [6.45, 7) is 9.10. The molecule has 1 saturated heterocycles. The van der Waals surface area contributed by atoms with Crippen molar-refractivity contribution >= 4 is 22.8 Å². The molecule has 2 aliphatic rings. The molecule has 1 fully saturated rings. The molecule has 2 N–H and O–H groups in total. The van der Waals surface area contributed by atoms with Crippen LogP contribution in [0.15, 0.2) is 23.2 Å². The zero-order valence-corrected chi connectivity index (χ0v) is 16.4. The highest BCUT2D eigenvalue weighted by Crippen LogP contribution is 2.22. The van der Waals surface area contributed by atoms with Crippen molar-refractivity contribution in [2.45, 2.75) is 6.92 Å². The first kappa shape index (κ1) is 18.9. The summed E-state index contributed by atoms with van der Waals surface area (Å²) in [7, 11) is 1.66. The van der Waals surface area contributed by atoms with Crippen molar-refractivity contribution in [2.24, 2.45) is 4.99 Å². The number of ether oxygens (including phenoxy) is 2. The SMILES string of the molecule is COc1ccc2nc(NC3=NCN(CCN4CCOCC4)CN3)nc(C)c2c1. The largest absolute Gasteiger partial charge is 0.497 e. The van der Waals surface area contributed by atoms with Crippen LogP contribution in [0, 0.1) is 6.92 Å². The smallest absolute Gasteiger partial charge is 0.230 e. The number of methoxy groups -OCH3 is 1. The third-order valence-electron chi connectivity index (χ3n) is 5.06. The quantitative estimate of drug-likeness (QED) is 0.784. The molecule has 0 atom stereocenters. The topological polar surface area (TPSA) is 87.1 Å². The number of nitrogens with zero attached hydrogens (tertiary/aromatic N) is 5. The number of guanidine groups is 1. The Kier molecular flexibility index (Phi) is 5.84. The molecule has 0 spiro atoms. The van der Waals surface area contributed by atoms with Crippen molar-refractivity contribution in [2.75, 3.05) is 65.2 Å². The van der Waals surface area contributed by atoms with Crippen LogP contribution < -0.4 is 15.4 Å². The summed E-state index contributed by atoms with van der Waals surface area (Å²) in [5, 5.41) is 7.50. The Hall–Kier alpha value is -2.49. The van der Waals surface area contributed by atoms with Crippen LogP contribution in [0.2, 0.25) is 0 Å². The molecule has 2 aromatic rings. The first-order chi connectivity index (χ1) is 13.7. The van der Waals surface area contributed by atoms with Crippen molar-refractivity contribution in [3.05, 3.63) is 23.9 Å². The molecule has 1 aromatic heterocycles. The minimum Gasteiger partial charge on any atom is -0.497 e. The predicted molar refractivity (Wildman–Crippen MR) is 109 cm³/mol. The van der Waals surface area contributed by atoms with Gasteiger partial charge >= 0.3 is 0 Å². The van der Waals surface area contributed by atoms with Gasteiger partial charge in [-0.05, 0) is 25.1 Å². The van der Waals surface area contributed by atoms with Crippen LogP contribution in [-0.2, 0) is 4.74 Å². The van der Waals surface area contributed by atoms with Crippen molar-refractivity contribution in [3.63, 3.8) is 0 Å². The van der Waals surface area contributed by atoms with Crippen LogP contribution in [-0.4, -0.2) is 85.6 Å². The van der Waals surface area contributed by atoms with Crippen LogP contribution in [0.25, 0.3) is 10.9 Å². The van der Waals surface area contributed by atoms with Crippen LogP contribution in [0.4, 0.5) is 5.95 Å². The van der Waals surface area contributed by atoms with E-state index in [4.69, 9.17) is 9.47 Å². The Bertz CT molecular complexity index is 852. The molecule has 2 aliphatic heterocycles. The van der Waals surface area contributed by atoms with E-state index in [0.29, 0.717) is 18.6 Å². The monoisotopic (exact) mass is 385 g/mol. The van der Waals surface area contributed by atoms with Gasteiger partial charge in [0.1, 0.15) is 5.75 Å². The van der Waals surface area contributed by atoms with Gasteiger partial charge in [-0.25, -0.2) is 15.0 Å². The molecular weight excluding hydrogens is 358 g/mol. The maximum absolute atomic E-state index is 5.39. The molecule has 0 saturated carbocycles. The average Bonchev–Trinajstić information content (AvgIpc) is 2.74. The highest BCUT2D eigenvalue weighted by atomic mass is 16.5. The second-order valence-electron chi connectivity index (χ2n) is 6.97. The Morgan fingerprint density at radius 1 is 1.18 bits per heavy atom. The maximum atomic E-state index is 5.39. The van der Waals surface area contributed by atoms with Gasteiger partial charge in [-0.1, -0.05) is 0 Å². The fraction of sp³-hybridized carbons (Fsp3) is 0.526. The van der Waals surface area contributed by atoms with Gasteiger partial charge in [0.2, 0.25) is 11.9 Å². The standard InChI is InChI=1S/C19H27N7O2/c1-14-16-11-15(27-2)3-4-17(16)23-19(22-14)24-18-20-12-26(13-21-18)6-5-25-7-9-28-10-8-25/h3-4,11H,5-10,12-13H2,1-2H3,(H2,20,21,22,23,24). The number of aliphatic imine (C=N–C) groups is 1. The molecule has 3 heterocycles. The highest BCUT2D eigenvalue weighted by molar-refractivity contribution is 5.93. The van der Waals surface area contributed by atoms with E-state index < -0.39 is 0 Å². The fourth-order valence-corrected chi connectivity index (χ4v) is 3.35. The minimum absolute atomic E-state index is 0.545. The lowest BCUT2D eigenvalue weighted by Crippen LogP contribution is -2.49. The number of morpholine rings is 1. The second kappa shape index (κ2) is 8.68. The zero-order valence-electron chi connectivity index (χ0n) is 16.4. The predicted octanol–water partition coefficient (Wildman–Crippen LogP) is 0.867. The lowest BCUT2D eigenvalue weighted by Gasteiger charge is -2.31. The second-order valence-corrected chi connectivity index (χ2v) is 6.97. The molecule has 0 aliphatic carbocycles. The number of hydrogen-bond acceptors (Lipinski definition) is 9. The fourth-order valence-electron chi connectivity index (χ4n) is 3.35. The number of benzene rings is 1. The molecule has 9 nitrogen and oxygen atoms in total. The van der Waals surface area contributed by atoms with Gasteiger partial charge in [0, 0.05) is 31.6 Å². The van der Waals surface area contributed by atoms with Crippen molar-refractivity contribution in [1.29, 1.82) is 0 Å². The van der Waals surface area contributed by atoms with Crippen LogP contribution in [0.5, 0.6) is 5.75 Å². The van der Waals surface area contributed by atoms with E-state index in [0.717, 1.165) is 68.4 Å². The van der Waals surface area contributed by atoms with E-state index in [9.17, 15) is 0 Å². The van der Waals surface area contributed by atoms with E-state index >= 15 is 0 Å². The molecule has 150 valence electrons. The van der Waals surface area contributed by atoms with Crippen molar-refractivity contribution in [3.8, 4) is 5.75 Å². The molecule has 9 heteroatoms. The molecule has 0 unspecified atom stereocenters. The first-order valence-corrected chi connectivity index (χ1v) is 9.61. The normalized spacial score (nSPS) is 18.6. The Balaban J connectivity index is 1.35. The molecule has 0 radical (unpaired) electrons. The number of aryl methyl sites for hydroxylation is 1. The molecule has 4 rings (SSSR count). The molecule has 0 bridgehead atoms. The highest BCUT2D eigenvalue weighted by Gasteiger charge is 2.16. The van der Waals surface area contributed by atoms with Crippen LogP contribution in [0.1, 0.15) is 5.69 Å². The van der Waals surface area contributed by atoms with Gasteiger partial charge in [-0.15, -0.1) is 0 Å². The molecule has 1 aromatic carbocycles. The summed E-state index contributed by atoms with van der Waals surface area (Å²) < 4.78 is 10.7. The van der Waals surface area contributed by atoms with Gasteiger partial charge < -0.3 is 14.8 Å². The molecule has 0 amide bonds. The van der Waals surface area contributed by atoms with Gasteiger partial charge in [0.15, 0.2) is 0 Å². The number of fused-ring (bicyclic) bond motifs is 1. The maximum Gasteiger partial charge on any atom is 0.230 e. The summed E-state index contributed by atoms with van der Waals surface area (Å²) >= 11 is 0. The number of hydrogen-bond donors (Lipinski definition) is 2. The van der Waals surface area contributed by atoms with Gasteiger partial charge in [0.25, 0.3) is 0 Å². The Morgan fingerprint density at radius 2 is 2.00 bits per heavy atom. The van der Waals surface area contributed by atoms with Gasteiger partial charge in [-0.3, -0.25) is 15.1 Å². The minimum atomic E-state index is 0.545. The third-order valence-corrected chi connectivity index (χ3v) is 5.06. The van der Waals surface area contributed by atoms with E-state index in [2.05, 4.69) is 35.4 Å². The molecule has 28 heavy (non-hydrogen) atoms. The summed E-state index contributed by atoms with van der Waals surface area (Å²) in [6, 6.07) is 5.80. The molecular formula is C19H27N7O2. The third kappa shape index (κ3) is 4.49. The summed E-state index contributed by atoms with van der Waals surface area (Å²) in [5.74, 6) is 2.05. The number of rotatable bonds is 5. The van der Waals surface area contributed by atoms with Crippen LogP contribution in [0.3, 0.4) is 0 Å². The number of anilines is 1. The number of aromatic nitrogens is 2. The van der Waals surface area contributed by atoms with Gasteiger partial charge in [-0.2, -0.15) is 0 Å². The number of nitrogens with one attached hydrogen (secondary N) is 2. The van der Waals surface area contributed by atoms with Crippen molar-refractivity contribution < 1.29 is 9.47 Å². The van der Waals surface area contributed by atoms with Gasteiger partial charge in [0.05, 0.1) is 44.9 Å². The lowest BCUT2D eigenvalue weighted by atomic mass is 10.2. The zero-order chi connectivity index (χ0) is 19.3. The van der Waals surface area contributed by atoms with Crippen LogP contribution >= 0.6 is 0 Å². The van der Waals surface area contributed by atoms with E-state index in [-0.39, 0.29) is 0 Å². The summed E-state index contributed by atoms with van der Waals surface area (Å²) in [6.07, 6.45) is 0. The first-order valence-electron chi connectivity index (χ1n) is 9.61. The Labute approximate surface area is 164 Å². The van der Waals surface area contributed by atoms with E-state index in [1.54, 1.807) is 7.11 Å². The van der Waals surface area contributed by atoms with E-state index in [1.807, 2.05) is 25.1 Å². The van der Waals surface area contributed by atoms with Crippen molar-refractivity contribution in [1.82, 2.24) is 25.1 Å². The summed E-state index contributed by atoms with van der Waals surface area (Å²) in [5.41, 5.74) is 1.77. The van der Waals surface area contributed by atoms with E-state index in [1.165, 1.54) is 0 Å². The summed E-state index contributed by atoms with van der Waals surface area (Å²) in [4.78, 5) is 18.4.